The summed E-state index contributed by atoms with van der Waals surface area (Å²) in [6, 6.07) is 1.65. The first-order valence-corrected chi connectivity index (χ1v) is 5.56. The van der Waals surface area contributed by atoms with Crippen LogP contribution in [0.25, 0.3) is 0 Å². The number of ether oxygens (including phenoxy) is 2. The molecule has 0 aromatic carbocycles. The lowest BCUT2D eigenvalue weighted by Crippen LogP contribution is -2.08. The Morgan fingerprint density at radius 2 is 1.88 bits per heavy atom. The van der Waals surface area contributed by atoms with Crippen molar-refractivity contribution in [1.29, 1.82) is 5.26 Å². The SMILES string of the molecule is C=C(C#N)C(=O)OCCCCOCCCC. The predicted octanol–water partition coefficient (Wildman–Crippen LogP) is 2.21. The van der Waals surface area contributed by atoms with Crippen LogP contribution in [0.2, 0.25) is 0 Å². The molecule has 0 atom stereocenters. The lowest BCUT2D eigenvalue weighted by Gasteiger charge is -2.04. The van der Waals surface area contributed by atoms with Gasteiger partial charge in [-0.3, -0.25) is 0 Å². The number of carbonyl (C=O) groups excluding carboxylic acids is 1. The zero-order valence-corrected chi connectivity index (χ0v) is 9.83. The Kier molecular flexibility index (Phi) is 9.33. The van der Waals surface area contributed by atoms with Gasteiger partial charge in [0.25, 0.3) is 0 Å². The molecule has 0 amide bonds. The van der Waals surface area contributed by atoms with Gasteiger partial charge >= 0.3 is 5.97 Å². The summed E-state index contributed by atoms with van der Waals surface area (Å²) in [5.74, 6) is -0.630. The fourth-order valence-corrected chi connectivity index (χ4v) is 0.952. The van der Waals surface area contributed by atoms with Crippen molar-refractivity contribution in [3.05, 3.63) is 12.2 Å². The van der Waals surface area contributed by atoms with Gasteiger partial charge in [0.2, 0.25) is 0 Å². The number of hydrogen-bond donors (Lipinski definition) is 0. The highest BCUT2D eigenvalue weighted by Gasteiger charge is 2.06. The standard InChI is InChI=1S/C12H19NO3/c1-3-4-7-15-8-5-6-9-16-12(14)11(2)10-13/h2-9H2,1H3. The number of unbranched alkanes of at least 4 members (excludes halogenated alkanes) is 2. The third-order valence-corrected chi connectivity index (χ3v) is 1.94. The Morgan fingerprint density at radius 1 is 1.25 bits per heavy atom. The van der Waals surface area contributed by atoms with Crippen LogP contribution in [-0.2, 0) is 14.3 Å². The molecule has 0 rings (SSSR count). The monoisotopic (exact) mass is 225 g/mol. The first-order chi connectivity index (χ1) is 7.72. The zero-order valence-electron chi connectivity index (χ0n) is 9.83. The molecule has 0 aromatic rings. The Bertz CT molecular complexity index is 255. The molecule has 0 saturated carbocycles. The molecule has 0 bridgehead atoms. The number of hydrogen-bond acceptors (Lipinski definition) is 4. The highest BCUT2D eigenvalue weighted by Crippen LogP contribution is 1.97. The van der Waals surface area contributed by atoms with Gasteiger partial charge in [0.05, 0.1) is 6.61 Å². The van der Waals surface area contributed by atoms with Crippen LogP contribution in [-0.4, -0.2) is 25.8 Å². The van der Waals surface area contributed by atoms with Gasteiger partial charge in [-0.15, -0.1) is 0 Å². The summed E-state index contributed by atoms with van der Waals surface area (Å²) >= 11 is 0. The van der Waals surface area contributed by atoms with Gasteiger partial charge < -0.3 is 9.47 Å². The van der Waals surface area contributed by atoms with Crippen LogP contribution in [0.5, 0.6) is 0 Å². The highest BCUT2D eigenvalue weighted by molar-refractivity contribution is 5.91. The fourth-order valence-electron chi connectivity index (χ4n) is 0.952. The van der Waals surface area contributed by atoms with Crippen LogP contribution in [0.3, 0.4) is 0 Å². The van der Waals surface area contributed by atoms with Gasteiger partial charge in [-0.2, -0.15) is 5.26 Å². The Balaban J connectivity index is 3.25. The molecule has 0 N–H and O–H groups in total. The number of esters is 1. The molecule has 0 saturated heterocycles. The predicted molar refractivity (Wildman–Crippen MR) is 60.7 cm³/mol. The van der Waals surface area contributed by atoms with Crippen molar-refractivity contribution in [1.82, 2.24) is 0 Å². The summed E-state index contributed by atoms with van der Waals surface area (Å²) < 4.78 is 10.1. The molecule has 0 aromatic heterocycles. The molecule has 4 nitrogen and oxygen atoms in total. The number of rotatable bonds is 9. The first kappa shape index (κ1) is 14.7. The fraction of sp³-hybridized carbons (Fsp3) is 0.667. The molecule has 0 aliphatic carbocycles. The number of carbonyl (C=O) groups is 1. The minimum atomic E-state index is -0.630. The molecule has 0 unspecified atom stereocenters. The quantitative estimate of drug-likeness (QED) is 0.261. The van der Waals surface area contributed by atoms with E-state index in [1.165, 1.54) is 0 Å². The minimum Gasteiger partial charge on any atom is -0.462 e. The molecule has 0 fully saturated rings. The summed E-state index contributed by atoms with van der Waals surface area (Å²) in [4.78, 5) is 11.0. The topological polar surface area (TPSA) is 59.3 Å². The van der Waals surface area contributed by atoms with Crippen molar-refractivity contribution in [2.75, 3.05) is 19.8 Å². The second-order valence-electron chi connectivity index (χ2n) is 3.40. The first-order valence-electron chi connectivity index (χ1n) is 5.56. The summed E-state index contributed by atoms with van der Waals surface area (Å²) in [6.07, 6.45) is 3.82. The van der Waals surface area contributed by atoms with Crippen LogP contribution in [0.1, 0.15) is 32.6 Å². The summed E-state index contributed by atoms with van der Waals surface area (Å²) in [7, 11) is 0. The lowest BCUT2D eigenvalue weighted by atomic mass is 10.3. The van der Waals surface area contributed by atoms with Crippen LogP contribution >= 0.6 is 0 Å². The van der Waals surface area contributed by atoms with E-state index < -0.39 is 5.97 Å². The van der Waals surface area contributed by atoms with E-state index in [9.17, 15) is 4.79 Å². The van der Waals surface area contributed by atoms with Gasteiger partial charge in [0, 0.05) is 13.2 Å². The van der Waals surface area contributed by atoms with E-state index in [0.29, 0.717) is 13.2 Å². The third-order valence-electron chi connectivity index (χ3n) is 1.94. The Labute approximate surface area is 96.8 Å². The number of nitriles is 1. The van der Waals surface area contributed by atoms with Crippen molar-refractivity contribution in [3.8, 4) is 6.07 Å². The van der Waals surface area contributed by atoms with Crippen LogP contribution < -0.4 is 0 Å². The Hall–Kier alpha value is -1.34. The number of nitrogens with zero attached hydrogens (tertiary/aromatic N) is 1. The maximum absolute atomic E-state index is 11.0. The normalized spacial score (nSPS) is 9.50. The van der Waals surface area contributed by atoms with Crippen molar-refractivity contribution in [2.24, 2.45) is 0 Å². The smallest absolute Gasteiger partial charge is 0.348 e. The van der Waals surface area contributed by atoms with E-state index in [1.807, 2.05) is 0 Å². The molecule has 16 heavy (non-hydrogen) atoms. The van der Waals surface area contributed by atoms with Crippen molar-refractivity contribution in [2.45, 2.75) is 32.6 Å². The molecule has 0 radical (unpaired) electrons. The van der Waals surface area contributed by atoms with Gasteiger partial charge in [-0.05, 0) is 19.3 Å². The van der Waals surface area contributed by atoms with Crippen LogP contribution in [0.4, 0.5) is 0 Å². The second kappa shape index (κ2) is 10.2. The summed E-state index contributed by atoms with van der Waals surface area (Å²) in [5.41, 5.74) is -0.154. The largest absolute Gasteiger partial charge is 0.462 e. The molecular weight excluding hydrogens is 206 g/mol. The third kappa shape index (κ3) is 8.01. The summed E-state index contributed by atoms with van der Waals surface area (Å²) in [5, 5.41) is 8.36. The summed E-state index contributed by atoms with van der Waals surface area (Å²) in [6.45, 7) is 7.18. The molecule has 0 heterocycles. The zero-order chi connectivity index (χ0) is 12.2. The average molecular weight is 225 g/mol. The molecule has 0 aliphatic heterocycles. The van der Waals surface area contributed by atoms with Crippen LogP contribution in [0.15, 0.2) is 12.2 Å². The van der Waals surface area contributed by atoms with E-state index in [-0.39, 0.29) is 5.57 Å². The molecule has 0 spiro atoms. The second-order valence-corrected chi connectivity index (χ2v) is 3.40. The molecular formula is C12H19NO3. The van der Waals surface area contributed by atoms with Gasteiger partial charge in [-0.1, -0.05) is 19.9 Å². The van der Waals surface area contributed by atoms with E-state index in [4.69, 9.17) is 14.7 Å². The highest BCUT2D eigenvalue weighted by atomic mass is 16.5. The van der Waals surface area contributed by atoms with E-state index in [0.717, 1.165) is 32.3 Å². The molecule has 0 aliphatic rings. The van der Waals surface area contributed by atoms with Crippen molar-refractivity contribution >= 4 is 5.97 Å². The lowest BCUT2D eigenvalue weighted by molar-refractivity contribution is -0.138. The maximum Gasteiger partial charge on any atom is 0.348 e. The maximum atomic E-state index is 11.0. The van der Waals surface area contributed by atoms with Crippen LogP contribution in [0, 0.1) is 11.3 Å². The van der Waals surface area contributed by atoms with Crippen molar-refractivity contribution < 1.29 is 14.3 Å². The Morgan fingerprint density at radius 3 is 2.50 bits per heavy atom. The van der Waals surface area contributed by atoms with E-state index in [1.54, 1.807) is 6.07 Å². The molecule has 4 heteroatoms. The average Bonchev–Trinajstić information content (AvgIpc) is 2.31. The van der Waals surface area contributed by atoms with Gasteiger partial charge in [0.15, 0.2) is 0 Å². The van der Waals surface area contributed by atoms with E-state index >= 15 is 0 Å². The van der Waals surface area contributed by atoms with Gasteiger partial charge in [-0.25, -0.2) is 4.79 Å². The van der Waals surface area contributed by atoms with Crippen molar-refractivity contribution in [3.63, 3.8) is 0 Å². The van der Waals surface area contributed by atoms with Gasteiger partial charge in [0.1, 0.15) is 11.6 Å². The van der Waals surface area contributed by atoms with E-state index in [2.05, 4.69) is 13.5 Å². The minimum absolute atomic E-state index is 0.154. The molecule has 90 valence electrons.